The number of rotatable bonds is 24. The highest BCUT2D eigenvalue weighted by Gasteiger charge is 2.45. The van der Waals surface area contributed by atoms with Gasteiger partial charge in [0, 0.05) is 0 Å². The van der Waals surface area contributed by atoms with Crippen molar-refractivity contribution in [2.45, 2.75) is 141 Å². The summed E-state index contributed by atoms with van der Waals surface area (Å²) in [5.74, 6) is 0.194. The number of phosphoric acid groups is 1. The smallest absolute Gasteiger partial charge is 0.387 e. The number of ether oxygens (including phenoxy) is 1. The molecular weight excluding hydrogens is 573 g/mol. The molecule has 1 aliphatic heterocycles. The molecular formula is C30H54N5O7P. The summed E-state index contributed by atoms with van der Waals surface area (Å²) in [6.07, 6.45) is 16.2. The lowest BCUT2D eigenvalue weighted by Gasteiger charge is -2.21. The van der Waals surface area contributed by atoms with Crippen molar-refractivity contribution in [1.82, 2.24) is 19.5 Å². The van der Waals surface area contributed by atoms with Gasteiger partial charge in [-0.15, -0.1) is 0 Å². The first kappa shape index (κ1) is 35.8. The molecule has 0 amide bonds. The number of aliphatic hydroxyl groups excluding tert-OH is 2. The quantitative estimate of drug-likeness (QED) is 0.0863. The number of fused-ring (bicyclic) bond motifs is 1. The van der Waals surface area contributed by atoms with Crippen LogP contribution in [0.2, 0.25) is 0 Å². The van der Waals surface area contributed by atoms with E-state index in [1.165, 1.54) is 81.4 Å². The number of nitrogen functional groups attached to an aromatic ring is 1. The van der Waals surface area contributed by atoms with Crippen LogP contribution in [0.1, 0.15) is 123 Å². The van der Waals surface area contributed by atoms with E-state index in [0.717, 1.165) is 38.5 Å². The van der Waals surface area contributed by atoms with Crippen LogP contribution in [0.25, 0.3) is 11.2 Å². The molecule has 4 atom stereocenters. The van der Waals surface area contributed by atoms with Gasteiger partial charge in [0.15, 0.2) is 17.7 Å². The minimum atomic E-state index is -3.91. The minimum Gasteiger partial charge on any atom is -0.387 e. The van der Waals surface area contributed by atoms with Crippen molar-refractivity contribution in [1.29, 1.82) is 0 Å². The van der Waals surface area contributed by atoms with E-state index in [2.05, 4.69) is 28.8 Å². The fourth-order valence-corrected chi connectivity index (χ4v) is 6.51. The summed E-state index contributed by atoms with van der Waals surface area (Å²) in [6, 6.07) is 0. The van der Waals surface area contributed by atoms with Crippen LogP contribution in [0.4, 0.5) is 5.82 Å². The van der Waals surface area contributed by atoms with Crippen molar-refractivity contribution in [3.63, 3.8) is 0 Å². The molecule has 3 rings (SSSR count). The Balaban J connectivity index is 1.50. The van der Waals surface area contributed by atoms with Crippen LogP contribution in [0.3, 0.4) is 0 Å². The summed E-state index contributed by atoms with van der Waals surface area (Å²) in [4.78, 5) is 12.3. The van der Waals surface area contributed by atoms with Crippen LogP contribution >= 0.6 is 7.82 Å². The molecule has 3 heterocycles. The Bertz CT molecular complexity index is 1060. The molecule has 0 saturated carbocycles. The monoisotopic (exact) mass is 627 g/mol. The molecule has 1 aliphatic rings. The molecule has 1 saturated heterocycles. The van der Waals surface area contributed by atoms with Gasteiger partial charge in [-0.1, -0.05) is 104 Å². The first-order valence-corrected chi connectivity index (χ1v) is 17.8. The Hall–Kier alpha value is -1.66. The zero-order valence-corrected chi connectivity index (χ0v) is 27.0. The van der Waals surface area contributed by atoms with Gasteiger partial charge < -0.3 is 20.7 Å². The lowest BCUT2D eigenvalue weighted by molar-refractivity contribution is -0.0527. The summed E-state index contributed by atoms with van der Waals surface area (Å²) in [7, 11) is -3.91. The first-order chi connectivity index (χ1) is 20.9. The topological polar surface area (TPSA) is 164 Å². The van der Waals surface area contributed by atoms with Gasteiger partial charge in [-0.25, -0.2) is 19.5 Å². The fourth-order valence-electron chi connectivity index (χ4n) is 5.25. The second-order valence-electron chi connectivity index (χ2n) is 11.5. The number of anilines is 1. The van der Waals surface area contributed by atoms with Crippen LogP contribution in [0.15, 0.2) is 12.7 Å². The molecule has 4 N–H and O–H groups in total. The first-order valence-electron chi connectivity index (χ1n) is 16.4. The van der Waals surface area contributed by atoms with Crippen LogP contribution in [-0.4, -0.2) is 67.9 Å². The van der Waals surface area contributed by atoms with Gasteiger partial charge in [-0.2, -0.15) is 0 Å². The predicted molar refractivity (Wildman–Crippen MR) is 166 cm³/mol. The lowest BCUT2D eigenvalue weighted by Crippen LogP contribution is -2.33. The molecule has 12 nitrogen and oxygen atoms in total. The molecule has 0 aromatic carbocycles. The Morgan fingerprint density at radius 2 is 1.33 bits per heavy atom. The molecule has 13 heteroatoms. The average molecular weight is 628 g/mol. The number of nitrogens with two attached hydrogens (primary N) is 1. The highest BCUT2D eigenvalue weighted by Crippen LogP contribution is 2.50. The molecule has 246 valence electrons. The molecule has 0 aliphatic carbocycles. The third kappa shape index (κ3) is 11.7. The molecule has 2 aromatic heterocycles. The van der Waals surface area contributed by atoms with E-state index in [-0.39, 0.29) is 25.6 Å². The van der Waals surface area contributed by atoms with Crippen LogP contribution in [-0.2, 0) is 22.9 Å². The van der Waals surface area contributed by atoms with Gasteiger partial charge in [0.1, 0.15) is 30.2 Å². The van der Waals surface area contributed by atoms with Gasteiger partial charge in [-0.05, 0) is 12.8 Å². The van der Waals surface area contributed by atoms with Crippen LogP contribution in [0.5, 0.6) is 0 Å². The maximum atomic E-state index is 13.6. The van der Waals surface area contributed by atoms with E-state index >= 15 is 0 Å². The van der Waals surface area contributed by atoms with Gasteiger partial charge in [0.25, 0.3) is 0 Å². The molecule has 0 radical (unpaired) electrons. The summed E-state index contributed by atoms with van der Waals surface area (Å²) in [5, 5.41) is 21.5. The zero-order valence-electron chi connectivity index (χ0n) is 26.1. The van der Waals surface area contributed by atoms with Crippen LogP contribution < -0.4 is 5.73 Å². The Kier molecular flexibility index (Phi) is 16.4. The SMILES string of the molecule is CCCCCCCCCCOP(=O)(OCCCCCCCCCC)OC[C@H]1O[C@@H](n2cnc3c(N)ncnc32)[C@H](O)[C@@H]1O. The Morgan fingerprint density at radius 3 is 1.88 bits per heavy atom. The van der Waals surface area contributed by atoms with Gasteiger partial charge in [-0.3, -0.25) is 18.1 Å². The normalized spacial score (nSPS) is 20.8. The fraction of sp³-hybridized carbons (Fsp3) is 0.833. The van der Waals surface area contributed by atoms with Crippen molar-refractivity contribution in [3.05, 3.63) is 12.7 Å². The van der Waals surface area contributed by atoms with Crippen LogP contribution in [0, 0.1) is 0 Å². The van der Waals surface area contributed by atoms with E-state index < -0.39 is 32.4 Å². The summed E-state index contributed by atoms with van der Waals surface area (Å²) in [6.45, 7) is 4.64. The van der Waals surface area contributed by atoms with Crippen molar-refractivity contribution in [2.75, 3.05) is 25.6 Å². The number of unbranched alkanes of at least 4 members (excludes halogenated alkanes) is 14. The average Bonchev–Trinajstić information content (AvgIpc) is 3.55. The maximum Gasteiger partial charge on any atom is 0.474 e. The third-order valence-electron chi connectivity index (χ3n) is 7.89. The summed E-state index contributed by atoms with van der Waals surface area (Å²) < 4.78 is 38.1. The highest BCUT2D eigenvalue weighted by molar-refractivity contribution is 7.48. The third-order valence-corrected chi connectivity index (χ3v) is 9.35. The number of nitrogens with zero attached hydrogens (tertiary/aromatic N) is 4. The molecule has 0 spiro atoms. The highest BCUT2D eigenvalue weighted by atomic mass is 31.2. The molecule has 0 unspecified atom stereocenters. The lowest BCUT2D eigenvalue weighted by atomic mass is 10.1. The molecule has 1 fully saturated rings. The zero-order chi connectivity index (χ0) is 30.9. The maximum absolute atomic E-state index is 13.6. The molecule has 0 bridgehead atoms. The number of imidazole rings is 1. The second kappa shape index (κ2) is 19.7. The summed E-state index contributed by atoms with van der Waals surface area (Å²) in [5.41, 5.74) is 6.60. The molecule has 43 heavy (non-hydrogen) atoms. The van der Waals surface area contributed by atoms with E-state index in [0.29, 0.717) is 11.2 Å². The van der Waals surface area contributed by atoms with E-state index in [9.17, 15) is 14.8 Å². The van der Waals surface area contributed by atoms with E-state index in [1.54, 1.807) is 0 Å². The summed E-state index contributed by atoms with van der Waals surface area (Å²) >= 11 is 0. The van der Waals surface area contributed by atoms with Crippen molar-refractivity contribution in [2.24, 2.45) is 0 Å². The molecule has 2 aromatic rings. The van der Waals surface area contributed by atoms with Crippen molar-refractivity contribution >= 4 is 24.8 Å². The van der Waals surface area contributed by atoms with Crippen molar-refractivity contribution in [3.8, 4) is 0 Å². The standard InChI is InChI=1S/C30H54N5O7P/c1-3-5-7-9-11-13-15-17-19-39-43(38,40-20-18-16-14-12-10-8-6-4-2)41-21-24-26(36)27(37)30(42-24)35-23-34-25-28(31)32-22-33-29(25)35/h22-24,26-27,30,36-37H,3-21H2,1-2H3,(H2,31,32,33)/t24-,26-,27-,30-/m1/s1. The van der Waals surface area contributed by atoms with Crippen molar-refractivity contribution < 1.29 is 33.1 Å². The Morgan fingerprint density at radius 1 is 0.791 bits per heavy atom. The second-order valence-corrected chi connectivity index (χ2v) is 13.2. The number of phosphoric ester groups is 1. The number of aliphatic hydroxyl groups is 2. The predicted octanol–water partition coefficient (Wildman–Crippen LogP) is 6.47. The van der Waals surface area contributed by atoms with E-state index in [1.807, 2.05) is 0 Å². The van der Waals surface area contributed by atoms with E-state index in [4.69, 9.17) is 24.0 Å². The Labute approximate surface area is 256 Å². The number of hydrogen-bond donors (Lipinski definition) is 3. The number of hydrogen-bond acceptors (Lipinski definition) is 11. The van der Waals surface area contributed by atoms with Gasteiger partial charge >= 0.3 is 7.82 Å². The largest absolute Gasteiger partial charge is 0.474 e. The minimum absolute atomic E-state index is 0.194. The number of aromatic nitrogens is 4. The van der Waals surface area contributed by atoms with Gasteiger partial charge in [0.2, 0.25) is 0 Å². The van der Waals surface area contributed by atoms with Gasteiger partial charge in [0.05, 0.1) is 26.1 Å².